The number of hydrazine groups is 1. The van der Waals surface area contributed by atoms with Crippen LogP contribution in [0.5, 0.6) is 0 Å². The average molecular weight is 318 g/mol. The van der Waals surface area contributed by atoms with Gasteiger partial charge in [0.15, 0.2) is 0 Å². The van der Waals surface area contributed by atoms with Crippen molar-refractivity contribution in [2.24, 2.45) is 0 Å². The topological polar surface area (TPSA) is 75.3 Å². The summed E-state index contributed by atoms with van der Waals surface area (Å²) in [6, 6.07) is 12.0. The lowest BCUT2D eigenvalue weighted by molar-refractivity contribution is 0.0944. The van der Waals surface area contributed by atoms with Crippen molar-refractivity contribution < 1.29 is 13.2 Å². The maximum atomic E-state index is 12.3. The molecule has 2 rings (SSSR count). The second-order valence-electron chi connectivity index (χ2n) is 5.14. The zero-order valence-electron chi connectivity index (χ0n) is 12.7. The number of nitrogens with one attached hydrogen (secondary N) is 2. The smallest absolute Gasteiger partial charge is 0.266 e. The molecule has 0 fully saturated rings. The van der Waals surface area contributed by atoms with Gasteiger partial charge >= 0.3 is 0 Å². The molecule has 0 aliphatic carbocycles. The van der Waals surface area contributed by atoms with Gasteiger partial charge in [-0.05, 0) is 44.0 Å². The first-order chi connectivity index (χ1) is 10.3. The molecule has 0 heterocycles. The molecular weight excluding hydrogens is 300 g/mol. The monoisotopic (exact) mass is 318 g/mol. The molecule has 0 aliphatic heterocycles. The van der Waals surface area contributed by atoms with E-state index in [0.717, 1.165) is 11.1 Å². The van der Waals surface area contributed by atoms with Gasteiger partial charge in [-0.2, -0.15) is 0 Å². The minimum atomic E-state index is -3.81. The third kappa shape index (κ3) is 3.52. The summed E-state index contributed by atoms with van der Waals surface area (Å²) >= 11 is 0. The Balaban J connectivity index is 2.17. The fourth-order valence-corrected chi connectivity index (χ4v) is 3.23. The van der Waals surface area contributed by atoms with E-state index in [4.69, 9.17) is 0 Å². The van der Waals surface area contributed by atoms with Gasteiger partial charge in [0.1, 0.15) is 0 Å². The average Bonchev–Trinajstić information content (AvgIpc) is 2.45. The highest BCUT2D eigenvalue weighted by Gasteiger charge is 2.18. The van der Waals surface area contributed by atoms with Gasteiger partial charge < -0.3 is 0 Å². The molecule has 2 aromatic carbocycles. The molecule has 0 saturated carbocycles. The third-order valence-corrected chi connectivity index (χ3v) is 4.72. The minimum absolute atomic E-state index is 0.142. The lowest BCUT2D eigenvalue weighted by Gasteiger charge is -2.11. The molecule has 2 N–H and O–H groups in total. The highest BCUT2D eigenvalue weighted by atomic mass is 32.2. The first kappa shape index (κ1) is 16.2. The molecule has 0 spiro atoms. The van der Waals surface area contributed by atoms with Crippen LogP contribution in [-0.2, 0) is 10.0 Å². The second kappa shape index (κ2) is 6.29. The van der Waals surface area contributed by atoms with Crippen molar-refractivity contribution in [3.05, 3.63) is 64.7 Å². The number of hydrogen-bond acceptors (Lipinski definition) is 3. The molecular formula is C16H18N2O3S. The summed E-state index contributed by atoms with van der Waals surface area (Å²) in [7, 11) is -3.81. The van der Waals surface area contributed by atoms with Crippen molar-refractivity contribution in [3.8, 4) is 0 Å². The number of carbonyl (C=O) groups is 1. The van der Waals surface area contributed by atoms with E-state index in [2.05, 4.69) is 10.3 Å². The molecule has 0 bridgehead atoms. The summed E-state index contributed by atoms with van der Waals surface area (Å²) in [4.78, 5) is 14.3. The standard InChI is InChI=1S/C16H18N2O3S/c1-11-8-9-15(13(3)10-11)22(20,21)18-17-16(19)14-7-5-4-6-12(14)2/h4-10,18H,1-3H3,(H,17,19). The van der Waals surface area contributed by atoms with Crippen LogP contribution >= 0.6 is 0 Å². The molecule has 0 atom stereocenters. The summed E-state index contributed by atoms with van der Waals surface area (Å²) in [5.41, 5.74) is 5.03. The van der Waals surface area contributed by atoms with E-state index in [-0.39, 0.29) is 4.90 Å². The van der Waals surface area contributed by atoms with Crippen LogP contribution in [0.4, 0.5) is 0 Å². The van der Waals surface area contributed by atoms with Crippen LogP contribution in [-0.4, -0.2) is 14.3 Å². The van der Waals surface area contributed by atoms with Crippen molar-refractivity contribution >= 4 is 15.9 Å². The van der Waals surface area contributed by atoms with Crippen molar-refractivity contribution in [3.63, 3.8) is 0 Å². The molecule has 6 heteroatoms. The highest BCUT2D eigenvalue weighted by molar-refractivity contribution is 7.89. The lowest BCUT2D eigenvalue weighted by Crippen LogP contribution is -2.42. The Hall–Kier alpha value is -2.18. The van der Waals surface area contributed by atoms with Crippen LogP contribution in [0.3, 0.4) is 0 Å². The lowest BCUT2D eigenvalue weighted by atomic mass is 10.1. The van der Waals surface area contributed by atoms with Crippen LogP contribution in [0.15, 0.2) is 47.4 Å². The maximum Gasteiger partial charge on any atom is 0.266 e. The van der Waals surface area contributed by atoms with E-state index >= 15 is 0 Å². The Bertz CT molecular complexity index is 814. The Morgan fingerprint density at radius 1 is 0.955 bits per heavy atom. The number of sulfonamides is 1. The normalized spacial score (nSPS) is 11.2. The third-order valence-electron chi connectivity index (χ3n) is 3.31. The first-order valence-corrected chi connectivity index (χ1v) is 8.24. The zero-order valence-corrected chi connectivity index (χ0v) is 13.5. The van der Waals surface area contributed by atoms with Crippen LogP contribution < -0.4 is 10.3 Å². The van der Waals surface area contributed by atoms with Gasteiger partial charge in [0.25, 0.3) is 15.9 Å². The predicted octanol–water partition coefficient (Wildman–Crippen LogP) is 2.24. The molecule has 2 aromatic rings. The van der Waals surface area contributed by atoms with Gasteiger partial charge in [0.2, 0.25) is 0 Å². The maximum absolute atomic E-state index is 12.3. The van der Waals surface area contributed by atoms with Gasteiger partial charge in [-0.25, -0.2) is 8.42 Å². The first-order valence-electron chi connectivity index (χ1n) is 6.76. The van der Waals surface area contributed by atoms with E-state index in [9.17, 15) is 13.2 Å². The highest BCUT2D eigenvalue weighted by Crippen LogP contribution is 2.15. The van der Waals surface area contributed by atoms with E-state index < -0.39 is 15.9 Å². The number of rotatable bonds is 4. The SMILES string of the molecule is Cc1ccc(S(=O)(=O)NNC(=O)c2ccccc2C)c(C)c1. The van der Waals surface area contributed by atoms with Crippen LogP contribution in [0.25, 0.3) is 0 Å². The van der Waals surface area contributed by atoms with Gasteiger partial charge in [-0.15, -0.1) is 4.83 Å². The number of benzene rings is 2. The number of carbonyl (C=O) groups excluding carboxylic acids is 1. The summed E-state index contributed by atoms with van der Waals surface area (Å²) in [5.74, 6) is -0.494. The summed E-state index contributed by atoms with van der Waals surface area (Å²) in [6.07, 6.45) is 0. The van der Waals surface area contributed by atoms with Gasteiger partial charge in [-0.1, -0.05) is 35.9 Å². The summed E-state index contributed by atoms with van der Waals surface area (Å²) in [6.45, 7) is 5.38. The molecule has 0 radical (unpaired) electrons. The van der Waals surface area contributed by atoms with Crippen LogP contribution in [0.1, 0.15) is 27.0 Å². The fourth-order valence-electron chi connectivity index (χ4n) is 2.16. The van der Waals surface area contributed by atoms with Crippen molar-refractivity contribution in [1.82, 2.24) is 10.3 Å². The Kier molecular flexibility index (Phi) is 4.63. The van der Waals surface area contributed by atoms with E-state index in [1.807, 2.05) is 13.0 Å². The molecule has 0 saturated heterocycles. The molecule has 116 valence electrons. The van der Waals surface area contributed by atoms with Gasteiger partial charge in [-0.3, -0.25) is 10.2 Å². The fraction of sp³-hybridized carbons (Fsp3) is 0.188. The molecule has 0 unspecified atom stereocenters. The minimum Gasteiger partial charge on any atom is -0.273 e. The molecule has 0 aromatic heterocycles. The molecule has 0 aliphatic rings. The molecule has 1 amide bonds. The quantitative estimate of drug-likeness (QED) is 0.849. The summed E-state index contributed by atoms with van der Waals surface area (Å²) < 4.78 is 24.5. The summed E-state index contributed by atoms with van der Waals surface area (Å²) in [5, 5.41) is 0. The van der Waals surface area contributed by atoms with Crippen LogP contribution in [0.2, 0.25) is 0 Å². The van der Waals surface area contributed by atoms with Crippen LogP contribution in [0, 0.1) is 20.8 Å². The van der Waals surface area contributed by atoms with Crippen molar-refractivity contribution in [2.45, 2.75) is 25.7 Å². The van der Waals surface area contributed by atoms with E-state index in [1.54, 1.807) is 44.2 Å². The predicted molar refractivity (Wildman–Crippen MR) is 84.9 cm³/mol. The van der Waals surface area contributed by atoms with Gasteiger partial charge in [0.05, 0.1) is 4.90 Å². The van der Waals surface area contributed by atoms with Crippen molar-refractivity contribution in [2.75, 3.05) is 0 Å². The number of hydrogen-bond donors (Lipinski definition) is 2. The second-order valence-corrected chi connectivity index (χ2v) is 6.79. The van der Waals surface area contributed by atoms with Gasteiger partial charge in [0, 0.05) is 5.56 Å². The largest absolute Gasteiger partial charge is 0.273 e. The van der Waals surface area contributed by atoms with E-state index in [1.165, 1.54) is 6.07 Å². The molecule has 22 heavy (non-hydrogen) atoms. The Morgan fingerprint density at radius 2 is 1.64 bits per heavy atom. The number of aryl methyl sites for hydroxylation is 3. The zero-order chi connectivity index (χ0) is 16.3. The van der Waals surface area contributed by atoms with E-state index in [0.29, 0.717) is 11.1 Å². The van der Waals surface area contributed by atoms with Crippen molar-refractivity contribution in [1.29, 1.82) is 0 Å². The molecule has 5 nitrogen and oxygen atoms in total. The number of amides is 1. The Labute approximate surface area is 130 Å². The Morgan fingerprint density at radius 3 is 2.27 bits per heavy atom.